The van der Waals surface area contributed by atoms with Gasteiger partial charge in [-0.2, -0.15) is 9.40 Å². The summed E-state index contributed by atoms with van der Waals surface area (Å²) < 4.78 is 28.0. The molecule has 0 atom stereocenters. The van der Waals surface area contributed by atoms with Crippen LogP contribution >= 0.6 is 0 Å². The van der Waals surface area contributed by atoms with Gasteiger partial charge in [0.05, 0.1) is 12.7 Å². The van der Waals surface area contributed by atoms with Gasteiger partial charge in [-0.25, -0.2) is 8.42 Å². The van der Waals surface area contributed by atoms with Crippen molar-refractivity contribution < 1.29 is 8.42 Å². The Bertz CT molecular complexity index is 584. The Labute approximate surface area is 120 Å². The Morgan fingerprint density at radius 2 is 2.30 bits per heavy atom. The molecule has 0 bridgehead atoms. The molecule has 0 unspecified atom stereocenters. The van der Waals surface area contributed by atoms with E-state index in [0.717, 1.165) is 19.3 Å². The highest BCUT2D eigenvalue weighted by atomic mass is 32.2. The summed E-state index contributed by atoms with van der Waals surface area (Å²) in [5.74, 6) is 2.87. The first-order valence-electron chi connectivity index (χ1n) is 6.74. The van der Waals surface area contributed by atoms with Gasteiger partial charge in [-0.05, 0) is 31.7 Å². The van der Waals surface area contributed by atoms with E-state index in [0.29, 0.717) is 25.6 Å². The van der Waals surface area contributed by atoms with Crippen LogP contribution in [0.3, 0.4) is 0 Å². The molecule has 7 heteroatoms. The topological polar surface area (TPSA) is 81.2 Å². The highest BCUT2D eigenvalue weighted by molar-refractivity contribution is 7.89. The number of aryl methyl sites for hydroxylation is 1. The largest absolute Gasteiger partial charge is 0.330 e. The Balaban J connectivity index is 2.13. The van der Waals surface area contributed by atoms with E-state index in [1.54, 1.807) is 10.9 Å². The van der Waals surface area contributed by atoms with Crippen LogP contribution in [0.25, 0.3) is 0 Å². The Morgan fingerprint density at radius 3 is 2.90 bits per heavy atom. The Hall–Kier alpha value is -1.36. The number of aromatic nitrogens is 2. The predicted molar refractivity (Wildman–Crippen MR) is 76.2 cm³/mol. The smallest absolute Gasteiger partial charge is 0.247 e. The van der Waals surface area contributed by atoms with Gasteiger partial charge in [0.15, 0.2) is 0 Å². The van der Waals surface area contributed by atoms with Gasteiger partial charge in [-0.3, -0.25) is 4.68 Å². The molecule has 0 saturated heterocycles. The minimum Gasteiger partial charge on any atom is -0.330 e. The van der Waals surface area contributed by atoms with Crippen LogP contribution in [0.15, 0.2) is 17.3 Å². The summed E-state index contributed by atoms with van der Waals surface area (Å²) in [7, 11) is -3.55. The molecule has 6 nitrogen and oxygen atoms in total. The molecule has 2 N–H and O–H groups in total. The molecule has 1 fully saturated rings. The van der Waals surface area contributed by atoms with E-state index in [9.17, 15) is 8.42 Å². The van der Waals surface area contributed by atoms with Crippen LogP contribution in [0.4, 0.5) is 0 Å². The fraction of sp³-hybridized carbons (Fsp3) is 0.615. The first-order valence-corrected chi connectivity index (χ1v) is 8.18. The van der Waals surface area contributed by atoms with Crippen LogP contribution in [0.1, 0.15) is 19.3 Å². The number of nitrogens with zero attached hydrogens (tertiary/aromatic N) is 3. The lowest BCUT2D eigenvalue weighted by molar-refractivity contribution is 0.430. The van der Waals surface area contributed by atoms with Crippen LogP contribution in [0.2, 0.25) is 0 Å². The molecule has 1 aliphatic carbocycles. The van der Waals surface area contributed by atoms with Gasteiger partial charge in [0.25, 0.3) is 0 Å². The van der Waals surface area contributed by atoms with Crippen molar-refractivity contribution in [2.75, 3.05) is 19.6 Å². The van der Waals surface area contributed by atoms with Gasteiger partial charge in [0, 0.05) is 19.3 Å². The van der Waals surface area contributed by atoms with Crippen molar-refractivity contribution >= 4 is 10.0 Å². The standard InChI is InChI=1S/C13H20N4O2S/c1-2-7-17(10-12-4-5-12)20(18,19)13-9-15-16(11-13)8-3-6-14/h1,9,11-12H,3-8,10,14H2. The SMILES string of the molecule is C#CCN(CC1CC1)S(=O)(=O)c1cnn(CCCN)c1. The van der Waals surface area contributed by atoms with Crippen molar-refractivity contribution in [3.05, 3.63) is 12.4 Å². The third-order valence-electron chi connectivity index (χ3n) is 3.27. The fourth-order valence-electron chi connectivity index (χ4n) is 1.94. The number of hydrogen-bond donors (Lipinski definition) is 1. The molecule has 0 amide bonds. The van der Waals surface area contributed by atoms with E-state index in [4.69, 9.17) is 12.2 Å². The Morgan fingerprint density at radius 1 is 1.55 bits per heavy atom. The summed E-state index contributed by atoms with van der Waals surface area (Å²) in [6.45, 7) is 1.77. The van der Waals surface area contributed by atoms with E-state index in [1.807, 2.05) is 0 Å². The number of sulfonamides is 1. The molecule has 1 saturated carbocycles. The lowest BCUT2D eigenvalue weighted by atomic mass is 10.4. The molecule has 0 radical (unpaired) electrons. The van der Waals surface area contributed by atoms with Crippen molar-refractivity contribution in [1.29, 1.82) is 0 Å². The quantitative estimate of drug-likeness (QED) is 0.698. The molecule has 1 aromatic rings. The van der Waals surface area contributed by atoms with Gasteiger partial charge in [0.2, 0.25) is 10.0 Å². The van der Waals surface area contributed by atoms with Crippen molar-refractivity contribution in [2.45, 2.75) is 30.7 Å². The first kappa shape index (κ1) is 15.0. The highest BCUT2D eigenvalue weighted by Crippen LogP contribution is 2.31. The molecular formula is C13H20N4O2S. The van der Waals surface area contributed by atoms with Gasteiger partial charge in [0.1, 0.15) is 4.90 Å². The molecule has 110 valence electrons. The average molecular weight is 296 g/mol. The van der Waals surface area contributed by atoms with E-state index < -0.39 is 10.0 Å². The van der Waals surface area contributed by atoms with E-state index in [-0.39, 0.29) is 11.4 Å². The van der Waals surface area contributed by atoms with Gasteiger partial charge in [-0.15, -0.1) is 6.42 Å². The molecule has 0 aliphatic heterocycles. The van der Waals surface area contributed by atoms with E-state index in [1.165, 1.54) is 10.5 Å². The molecular weight excluding hydrogens is 276 g/mol. The third kappa shape index (κ3) is 3.60. The molecule has 20 heavy (non-hydrogen) atoms. The molecule has 2 rings (SSSR count). The second kappa shape index (κ2) is 6.39. The minimum atomic E-state index is -3.55. The van der Waals surface area contributed by atoms with Crippen LogP contribution in [0, 0.1) is 18.3 Å². The fourth-order valence-corrected chi connectivity index (χ4v) is 3.33. The maximum absolute atomic E-state index is 12.5. The predicted octanol–water partition coefficient (Wildman–Crippen LogP) is 0.266. The molecule has 0 spiro atoms. The van der Waals surface area contributed by atoms with Crippen molar-refractivity contribution in [3.8, 4) is 12.3 Å². The van der Waals surface area contributed by atoms with Gasteiger partial charge in [-0.1, -0.05) is 5.92 Å². The number of hydrogen-bond acceptors (Lipinski definition) is 4. The second-order valence-corrected chi connectivity index (χ2v) is 6.96. The van der Waals surface area contributed by atoms with Crippen molar-refractivity contribution in [3.63, 3.8) is 0 Å². The zero-order valence-corrected chi connectivity index (χ0v) is 12.2. The summed E-state index contributed by atoms with van der Waals surface area (Å²) >= 11 is 0. The van der Waals surface area contributed by atoms with Crippen LogP contribution in [-0.4, -0.2) is 42.1 Å². The minimum absolute atomic E-state index is 0.104. The summed E-state index contributed by atoms with van der Waals surface area (Å²) in [5.41, 5.74) is 5.43. The zero-order valence-electron chi connectivity index (χ0n) is 11.4. The highest BCUT2D eigenvalue weighted by Gasteiger charge is 2.31. The van der Waals surface area contributed by atoms with E-state index >= 15 is 0 Å². The van der Waals surface area contributed by atoms with Crippen LogP contribution < -0.4 is 5.73 Å². The lowest BCUT2D eigenvalue weighted by Gasteiger charge is -2.18. The summed E-state index contributed by atoms with van der Waals surface area (Å²) in [6.07, 6.45) is 11.1. The maximum Gasteiger partial charge on any atom is 0.247 e. The molecule has 1 aromatic heterocycles. The lowest BCUT2D eigenvalue weighted by Crippen LogP contribution is -2.33. The maximum atomic E-state index is 12.5. The summed E-state index contributed by atoms with van der Waals surface area (Å²) in [6, 6.07) is 0. The summed E-state index contributed by atoms with van der Waals surface area (Å²) in [5, 5.41) is 4.06. The monoisotopic (exact) mass is 296 g/mol. The summed E-state index contributed by atoms with van der Waals surface area (Å²) in [4.78, 5) is 0.199. The van der Waals surface area contributed by atoms with Gasteiger partial charge >= 0.3 is 0 Å². The van der Waals surface area contributed by atoms with Gasteiger partial charge < -0.3 is 5.73 Å². The number of nitrogens with two attached hydrogens (primary N) is 1. The molecule has 1 aliphatic rings. The Kier molecular flexibility index (Phi) is 4.81. The first-order chi connectivity index (χ1) is 9.57. The van der Waals surface area contributed by atoms with Crippen LogP contribution in [-0.2, 0) is 16.6 Å². The van der Waals surface area contributed by atoms with E-state index in [2.05, 4.69) is 11.0 Å². The average Bonchev–Trinajstić information content (AvgIpc) is 3.10. The zero-order chi connectivity index (χ0) is 14.6. The second-order valence-electron chi connectivity index (χ2n) is 5.03. The van der Waals surface area contributed by atoms with Crippen LogP contribution in [0.5, 0.6) is 0 Å². The van der Waals surface area contributed by atoms with Crippen molar-refractivity contribution in [1.82, 2.24) is 14.1 Å². The molecule has 0 aromatic carbocycles. The molecule has 1 heterocycles. The normalized spacial score (nSPS) is 15.4. The third-order valence-corrected chi connectivity index (χ3v) is 5.03. The van der Waals surface area contributed by atoms with Crippen molar-refractivity contribution in [2.24, 2.45) is 11.7 Å². The number of terminal acetylenes is 1. The number of rotatable bonds is 8.